The third kappa shape index (κ3) is 4.15. The van der Waals surface area contributed by atoms with Crippen LogP contribution >= 0.6 is 22.9 Å². The Labute approximate surface area is 227 Å². The highest BCUT2D eigenvalue weighted by Crippen LogP contribution is 2.41. The molecule has 0 saturated carbocycles. The Morgan fingerprint density at radius 1 is 1.24 bits per heavy atom. The van der Waals surface area contributed by atoms with Gasteiger partial charge in [0.1, 0.15) is 33.8 Å². The summed E-state index contributed by atoms with van der Waals surface area (Å²) in [6.45, 7) is 2.52. The molecule has 2 aliphatic heterocycles. The molecule has 0 aliphatic carbocycles. The van der Waals surface area contributed by atoms with Gasteiger partial charge in [-0.05, 0) is 44.4 Å². The molecule has 12 heteroatoms. The number of rotatable bonds is 5. The van der Waals surface area contributed by atoms with Crippen LogP contribution in [-0.4, -0.2) is 55.8 Å². The zero-order valence-electron chi connectivity index (χ0n) is 20.9. The number of methoxy groups -OCH3 is 1. The second-order valence-corrected chi connectivity index (χ2v) is 11.2. The van der Waals surface area contributed by atoms with Crippen LogP contribution < -0.4 is 15.8 Å². The van der Waals surface area contributed by atoms with Gasteiger partial charge in [0, 0.05) is 47.1 Å². The Morgan fingerprint density at radius 2 is 2.08 bits per heavy atom. The van der Waals surface area contributed by atoms with E-state index in [1.807, 2.05) is 16.2 Å². The number of benzene rings is 1. The van der Waals surface area contributed by atoms with E-state index >= 15 is 0 Å². The second kappa shape index (κ2) is 9.55. The van der Waals surface area contributed by atoms with Crippen LogP contribution in [0.15, 0.2) is 30.6 Å². The number of amides is 2. The lowest BCUT2D eigenvalue weighted by molar-refractivity contribution is -0.130. The Kier molecular flexibility index (Phi) is 6.19. The molecule has 38 heavy (non-hydrogen) atoms. The molecule has 2 amide bonds. The largest absolute Gasteiger partial charge is 0.496 e. The number of aryl methyl sites for hydroxylation is 1. The number of aromatic nitrogens is 4. The monoisotopic (exact) mass is 551 g/mol. The van der Waals surface area contributed by atoms with Gasteiger partial charge in [-0.2, -0.15) is 0 Å². The number of nitrogens with zero attached hydrogens (tertiary/aromatic N) is 5. The smallest absolute Gasteiger partial charge is 0.257 e. The van der Waals surface area contributed by atoms with Crippen molar-refractivity contribution in [1.29, 1.82) is 0 Å². The summed E-state index contributed by atoms with van der Waals surface area (Å²) < 4.78 is 7.53. The molecule has 1 aromatic carbocycles. The van der Waals surface area contributed by atoms with Gasteiger partial charge in [0.05, 0.1) is 13.3 Å². The van der Waals surface area contributed by atoms with Crippen molar-refractivity contribution < 1.29 is 14.3 Å². The highest BCUT2D eigenvalue weighted by Gasteiger charge is 2.38. The average Bonchev–Trinajstić information content (AvgIpc) is 3.63. The number of nitrogens with two attached hydrogens (primary N) is 1. The highest BCUT2D eigenvalue weighted by molar-refractivity contribution is 7.15. The van der Waals surface area contributed by atoms with E-state index in [0.717, 1.165) is 30.0 Å². The van der Waals surface area contributed by atoms with Gasteiger partial charge in [-0.25, -0.2) is 15.0 Å². The molecule has 2 fully saturated rings. The molecule has 0 unspecified atom stereocenters. The molecule has 6 rings (SSSR count). The number of hydrogen-bond acceptors (Lipinski definition) is 8. The molecule has 3 N–H and O–H groups in total. The summed E-state index contributed by atoms with van der Waals surface area (Å²) in [5.41, 5.74) is 8.55. The van der Waals surface area contributed by atoms with Gasteiger partial charge in [-0.1, -0.05) is 11.6 Å². The number of nitrogen functional groups attached to an aromatic ring is 1. The lowest BCUT2D eigenvalue weighted by Crippen LogP contribution is -2.41. The molecule has 3 aromatic heterocycles. The highest BCUT2D eigenvalue weighted by atomic mass is 35.5. The van der Waals surface area contributed by atoms with Gasteiger partial charge in [-0.15, -0.1) is 11.3 Å². The average molecular weight is 552 g/mol. The van der Waals surface area contributed by atoms with E-state index in [2.05, 4.69) is 15.3 Å². The number of anilines is 2. The fourth-order valence-electron chi connectivity index (χ4n) is 5.48. The molecule has 196 valence electrons. The van der Waals surface area contributed by atoms with Crippen molar-refractivity contribution in [3.63, 3.8) is 0 Å². The van der Waals surface area contributed by atoms with E-state index in [0.29, 0.717) is 57.4 Å². The quantitative estimate of drug-likeness (QED) is 0.373. The molecule has 2 aliphatic rings. The van der Waals surface area contributed by atoms with Crippen LogP contribution in [0.1, 0.15) is 52.7 Å². The van der Waals surface area contributed by atoms with Crippen LogP contribution in [-0.2, 0) is 4.79 Å². The van der Waals surface area contributed by atoms with E-state index in [1.54, 1.807) is 31.5 Å². The Hall–Kier alpha value is -3.70. The summed E-state index contributed by atoms with van der Waals surface area (Å²) in [4.78, 5) is 41.8. The maximum Gasteiger partial charge on any atom is 0.257 e. The van der Waals surface area contributed by atoms with Crippen molar-refractivity contribution in [2.24, 2.45) is 0 Å². The molecule has 2 saturated heterocycles. The van der Waals surface area contributed by atoms with Crippen molar-refractivity contribution in [3.05, 3.63) is 52.0 Å². The minimum absolute atomic E-state index is 0.00773. The number of thiazole rings is 1. The summed E-state index contributed by atoms with van der Waals surface area (Å²) in [7, 11) is 1.54. The van der Waals surface area contributed by atoms with Crippen LogP contribution in [0.3, 0.4) is 0 Å². The number of halogens is 1. The number of fused-ring (bicyclic) bond motifs is 2. The number of ether oxygens (including phenoxy) is 1. The third-order valence-electron chi connectivity index (χ3n) is 7.31. The van der Waals surface area contributed by atoms with Gasteiger partial charge < -0.3 is 15.4 Å². The molecule has 2 atom stereocenters. The molecular formula is C26H26ClN7O3S. The van der Waals surface area contributed by atoms with Gasteiger partial charge in [0.25, 0.3) is 5.91 Å². The zero-order chi connectivity index (χ0) is 26.6. The van der Waals surface area contributed by atoms with E-state index in [1.165, 1.54) is 17.5 Å². The Balaban J connectivity index is 1.41. The van der Waals surface area contributed by atoms with Crippen LogP contribution in [0.25, 0.3) is 16.8 Å². The normalized spacial score (nSPS) is 19.1. The molecule has 4 aromatic rings. The van der Waals surface area contributed by atoms with Crippen LogP contribution in [0, 0.1) is 6.92 Å². The first-order valence-electron chi connectivity index (χ1n) is 12.4. The predicted octanol–water partition coefficient (Wildman–Crippen LogP) is 4.53. The number of piperidine rings is 1. The van der Waals surface area contributed by atoms with Gasteiger partial charge >= 0.3 is 0 Å². The number of imidazole rings is 1. The van der Waals surface area contributed by atoms with Gasteiger partial charge in [0.15, 0.2) is 5.13 Å². The van der Waals surface area contributed by atoms with Crippen LogP contribution in [0.5, 0.6) is 5.75 Å². The summed E-state index contributed by atoms with van der Waals surface area (Å²) in [5.74, 6) is 1.35. The van der Waals surface area contributed by atoms with Crippen molar-refractivity contribution in [2.45, 2.75) is 44.6 Å². The topological polar surface area (TPSA) is 128 Å². The van der Waals surface area contributed by atoms with Crippen molar-refractivity contribution in [2.75, 3.05) is 24.7 Å². The van der Waals surface area contributed by atoms with Crippen molar-refractivity contribution >= 4 is 51.2 Å². The number of nitrogens with one attached hydrogen (secondary N) is 1. The molecule has 0 radical (unpaired) electrons. The second-order valence-electron chi connectivity index (χ2n) is 9.63. The number of hydrogen-bond donors (Lipinski definition) is 2. The zero-order valence-corrected chi connectivity index (χ0v) is 22.5. The minimum atomic E-state index is -0.296. The van der Waals surface area contributed by atoms with Crippen LogP contribution in [0.2, 0.25) is 5.15 Å². The lowest BCUT2D eigenvalue weighted by Gasteiger charge is -2.34. The van der Waals surface area contributed by atoms with E-state index in [-0.39, 0.29) is 23.6 Å². The molecule has 10 nitrogen and oxygen atoms in total. The molecule has 0 spiro atoms. The van der Waals surface area contributed by atoms with Crippen molar-refractivity contribution in [1.82, 2.24) is 24.3 Å². The standard InChI is InChI=1S/C26H26ClN7O3S/c1-13-10-30-26(38-13)32-25(36)14-4-7-17(18(9-14)37-2)21-22-23(28)29-11-19(27)34(22)24(31-21)15-3-5-16-6-8-20(35)33(16)12-15/h4,7,9-11,15-16H,3,5-6,8,12H2,1-2H3,(H2,28,29)(H,30,32,36)/t15-,16+/m1/s1. The minimum Gasteiger partial charge on any atom is -0.496 e. The summed E-state index contributed by atoms with van der Waals surface area (Å²) in [6, 6.07) is 5.46. The maximum absolute atomic E-state index is 12.9. The predicted molar refractivity (Wildman–Crippen MR) is 146 cm³/mol. The van der Waals surface area contributed by atoms with Crippen LogP contribution in [0.4, 0.5) is 10.9 Å². The lowest BCUT2D eigenvalue weighted by atomic mass is 9.92. The first-order valence-corrected chi connectivity index (χ1v) is 13.6. The van der Waals surface area contributed by atoms with E-state index in [4.69, 9.17) is 27.1 Å². The van der Waals surface area contributed by atoms with Gasteiger partial charge in [0.2, 0.25) is 5.91 Å². The Morgan fingerprint density at radius 3 is 2.84 bits per heavy atom. The van der Waals surface area contributed by atoms with Crippen molar-refractivity contribution in [3.8, 4) is 17.0 Å². The van der Waals surface area contributed by atoms with E-state index in [9.17, 15) is 9.59 Å². The SMILES string of the molecule is COc1cc(C(=O)Nc2ncc(C)s2)ccc1-c1nc([C@@H]2CC[C@H]3CCC(=O)N3C2)n2c(Cl)cnc(N)c12. The first kappa shape index (κ1) is 24.6. The fourth-order valence-corrected chi connectivity index (χ4v) is 6.36. The van der Waals surface area contributed by atoms with Gasteiger partial charge in [-0.3, -0.25) is 19.3 Å². The summed E-state index contributed by atoms with van der Waals surface area (Å²) in [5, 5.41) is 3.73. The summed E-state index contributed by atoms with van der Waals surface area (Å²) in [6.07, 6.45) is 6.54. The molecule has 0 bridgehead atoms. The summed E-state index contributed by atoms with van der Waals surface area (Å²) >= 11 is 8.05. The Bertz CT molecular complexity index is 1580. The maximum atomic E-state index is 12.9. The molecule has 5 heterocycles. The third-order valence-corrected chi connectivity index (χ3v) is 8.41. The molecular weight excluding hydrogens is 526 g/mol. The fraction of sp³-hybridized carbons (Fsp3) is 0.346. The van der Waals surface area contributed by atoms with E-state index < -0.39 is 0 Å². The number of carbonyl (C=O) groups excluding carboxylic acids is 2. The first-order chi connectivity index (χ1) is 18.3. The number of carbonyl (C=O) groups is 2.